The van der Waals surface area contributed by atoms with Gasteiger partial charge in [-0.1, -0.05) is 0 Å². The minimum absolute atomic E-state index is 0.250. The van der Waals surface area contributed by atoms with Gasteiger partial charge in [-0.25, -0.2) is 14.3 Å². The summed E-state index contributed by atoms with van der Waals surface area (Å²) in [5.74, 6) is 0. The van der Waals surface area contributed by atoms with Crippen molar-refractivity contribution in [2.24, 2.45) is 0 Å². The van der Waals surface area contributed by atoms with Crippen molar-refractivity contribution in [2.45, 2.75) is 25.0 Å². The smallest absolute Gasteiger partial charge is 0.483 e. The lowest BCUT2D eigenvalue weighted by Gasteiger charge is -2.36. The van der Waals surface area contributed by atoms with Crippen LogP contribution in [0.4, 0.5) is 4.79 Å². The highest BCUT2D eigenvalue weighted by molar-refractivity contribution is 5.62. The Bertz CT molecular complexity index is 723. The first-order valence-corrected chi connectivity index (χ1v) is 7.58. The Labute approximate surface area is 137 Å². The van der Waals surface area contributed by atoms with E-state index in [0.29, 0.717) is 6.61 Å². The Hall–Kier alpha value is -2.68. The predicted octanol–water partition coefficient (Wildman–Crippen LogP) is 0.931. The van der Waals surface area contributed by atoms with Gasteiger partial charge < -0.3 is 14.6 Å². The van der Waals surface area contributed by atoms with E-state index in [1.807, 2.05) is 6.20 Å². The molecular formula is C15H18N4O5. The van der Waals surface area contributed by atoms with Crippen LogP contribution in [0, 0.1) is 0 Å². The fourth-order valence-electron chi connectivity index (χ4n) is 3.01. The molecule has 2 aromatic rings. The van der Waals surface area contributed by atoms with Gasteiger partial charge in [-0.3, -0.25) is 9.69 Å². The van der Waals surface area contributed by atoms with Crippen LogP contribution in [-0.4, -0.2) is 62.5 Å². The Morgan fingerprint density at radius 1 is 1.38 bits per heavy atom. The van der Waals surface area contributed by atoms with Crippen molar-refractivity contribution in [1.29, 1.82) is 0 Å². The lowest BCUT2D eigenvalue weighted by Crippen LogP contribution is -2.45. The summed E-state index contributed by atoms with van der Waals surface area (Å²) in [5, 5.41) is 11.0. The molecule has 0 amide bonds. The van der Waals surface area contributed by atoms with E-state index in [2.05, 4.69) is 27.1 Å². The highest BCUT2D eigenvalue weighted by Crippen LogP contribution is 2.32. The standard InChI is InChI=1S/C14H16N4O3.CH2O2/c19-13-20-9-14(21-13)2-5-17(6-3-14)8-11-1-4-18-12(7-11)15-10-16-18;2-1-3/h1,4,7,10H,2-3,5-6,8-9H2;1H,(H,2,3). The largest absolute Gasteiger partial charge is 0.509 e. The number of hydrogen-bond donors (Lipinski definition) is 1. The number of carbonyl (C=O) groups is 2. The number of piperidine rings is 1. The Balaban J connectivity index is 0.000000526. The van der Waals surface area contributed by atoms with Crippen molar-refractivity contribution in [2.75, 3.05) is 19.7 Å². The molecule has 128 valence electrons. The molecule has 0 bridgehead atoms. The molecule has 2 saturated heterocycles. The van der Waals surface area contributed by atoms with Gasteiger partial charge in [0.1, 0.15) is 12.9 Å². The molecule has 2 fully saturated rings. The second kappa shape index (κ2) is 6.83. The number of ether oxygens (including phenoxy) is 2. The normalized spacial score (nSPS) is 19.4. The Kier molecular flexibility index (Phi) is 4.61. The van der Waals surface area contributed by atoms with E-state index in [9.17, 15) is 4.79 Å². The zero-order valence-corrected chi connectivity index (χ0v) is 13.0. The van der Waals surface area contributed by atoms with Gasteiger partial charge in [-0.2, -0.15) is 5.10 Å². The maximum absolute atomic E-state index is 11.1. The number of aromatic nitrogens is 3. The number of cyclic esters (lactones) is 1. The molecule has 0 aliphatic carbocycles. The maximum Gasteiger partial charge on any atom is 0.509 e. The topological polar surface area (TPSA) is 106 Å². The van der Waals surface area contributed by atoms with E-state index in [4.69, 9.17) is 19.4 Å². The summed E-state index contributed by atoms with van der Waals surface area (Å²) in [4.78, 5) is 26.0. The maximum atomic E-state index is 11.1. The first-order chi connectivity index (χ1) is 11.6. The van der Waals surface area contributed by atoms with Gasteiger partial charge in [0.05, 0.1) is 0 Å². The lowest BCUT2D eigenvalue weighted by atomic mass is 9.92. The molecule has 24 heavy (non-hydrogen) atoms. The molecule has 0 aromatic carbocycles. The van der Waals surface area contributed by atoms with Crippen molar-refractivity contribution >= 4 is 18.3 Å². The number of carboxylic acid groups (broad SMARTS) is 1. The molecule has 2 aliphatic rings. The zero-order chi connectivity index (χ0) is 17.0. The molecule has 0 radical (unpaired) electrons. The molecule has 9 nitrogen and oxygen atoms in total. The fourth-order valence-corrected chi connectivity index (χ4v) is 3.01. The van der Waals surface area contributed by atoms with Crippen LogP contribution in [-0.2, 0) is 20.8 Å². The highest BCUT2D eigenvalue weighted by atomic mass is 16.8. The third-order valence-corrected chi connectivity index (χ3v) is 4.27. The molecule has 4 heterocycles. The monoisotopic (exact) mass is 334 g/mol. The average Bonchev–Trinajstić information content (AvgIpc) is 3.17. The van der Waals surface area contributed by atoms with Crippen molar-refractivity contribution in [3.05, 3.63) is 30.2 Å². The molecule has 2 aromatic heterocycles. The number of fused-ring (bicyclic) bond motifs is 1. The summed E-state index contributed by atoms with van der Waals surface area (Å²) < 4.78 is 12.0. The molecule has 0 saturated carbocycles. The first-order valence-electron chi connectivity index (χ1n) is 7.58. The molecule has 4 rings (SSSR count). The minimum atomic E-state index is -0.527. The number of likely N-dealkylation sites (tertiary alicyclic amines) is 1. The third kappa shape index (κ3) is 3.46. The number of pyridine rings is 1. The van der Waals surface area contributed by atoms with Gasteiger partial charge in [-0.05, 0) is 17.7 Å². The van der Waals surface area contributed by atoms with Crippen LogP contribution in [0.5, 0.6) is 0 Å². The second-order valence-corrected chi connectivity index (χ2v) is 5.80. The number of nitrogens with zero attached hydrogens (tertiary/aromatic N) is 4. The van der Waals surface area contributed by atoms with Crippen LogP contribution in [0.3, 0.4) is 0 Å². The van der Waals surface area contributed by atoms with Crippen molar-refractivity contribution < 1.29 is 24.2 Å². The summed E-state index contributed by atoms with van der Waals surface area (Å²) in [6, 6.07) is 4.11. The van der Waals surface area contributed by atoms with E-state index in [1.165, 1.54) is 5.56 Å². The van der Waals surface area contributed by atoms with E-state index >= 15 is 0 Å². The van der Waals surface area contributed by atoms with Gasteiger partial charge in [-0.15, -0.1) is 0 Å². The summed E-state index contributed by atoms with van der Waals surface area (Å²) in [6.07, 6.45) is 4.60. The molecule has 1 N–H and O–H groups in total. The summed E-state index contributed by atoms with van der Waals surface area (Å²) in [5.41, 5.74) is 1.69. The van der Waals surface area contributed by atoms with Crippen LogP contribution in [0.1, 0.15) is 18.4 Å². The molecule has 2 aliphatic heterocycles. The number of carbonyl (C=O) groups excluding carboxylic acids is 1. The summed E-state index contributed by atoms with van der Waals surface area (Å²) >= 11 is 0. The van der Waals surface area contributed by atoms with E-state index in [-0.39, 0.29) is 12.1 Å². The summed E-state index contributed by atoms with van der Waals surface area (Å²) in [6.45, 7) is 2.81. The molecule has 1 spiro atoms. The highest BCUT2D eigenvalue weighted by Gasteiger charge is 2.44. The van der Waals surface area contributed by atoms with Crippen LogP contribution >= 0.6 is 0 Å². The molecular weight excluding hydrogens is 316 g/mol. The SMILES string of the molecule is O=C1OCC2(CCN(Cc3ccn4ncnc4c3)CC2)O1.O=CO. The van der Waals surface area contributed by atoms with Crippen LogP contribution < -0.4 is 0 Å². The van der Waals surface area contributed by atoms with Gasteiger partial charge >= 0.3 is 6.16 Å². The van der Waals surface area contributed by atoms with Crippen molar-refractivity contribution in [3.8, 4) is 0 Å². The summed E-state index contributed by atoms with van der Waals surface area (Å²) in [7, 11) is 0. The lowest BCUT2D eigenvalue weighted by molar-refractivity contribution is -0.122. The van der Waals surface area contributed by atoms with Gasteiger partial charge in [0.15, 0.2) is 11.2 Å². The molecule has 0 atom stereocenters. The minimum Gasteiger partial charge on any atom is -0.483 e. The van der Waals surface area contributed by atoms with E-state index in [1.54, 1.807) is 10.8 Å². The molecule has 9 heteroatoms. The van der Waals surface area contributed by atoms with Crippen LogP contribution in [0.25, 0.3) is 5.65 Å². The molecule has 0 unspecified atom stereocenters. The van der Waals surface area contributed by atoms with Crippen LogP contribution in [0.15, 0.2) is 24.7 Å². The van der Waals surface area contributed by atoms with Crippen molar-refractivity contribution in [1.82, 2.24) is 19.5 Å². The quantitative estimate of drug-likeness (QED) is 0.638. The number of hydrogen-bond acceptors (Lipinski definition) is 7. The van der Waals surface area contributed by atoms with Gasteiger partial charge in [0.2, 0.25) is 0 Å². The third-order valence-electron chi connectivity index (χ3n) is 4.27. The zero-order valence-electron chi connectivity index (χ0n) is 13.0. The Morgan fingerprint density at radius 3 is 2.79 bits per heavy atom. The van der Waals surface area contributed by atoms with Crippen LogP contribution in [0.2, 0.25) is 0 Å². The van der Waals surface area contributed by atoms with E-state index in [0.717, 1.165) is 38.1 Å². The Morgan fingerprint density at radius 2 is 2.12 bits per heavy atom. The van der Waals surface area contributed by atoms with E-state index < -0.39 is 6.16 Å². The average molecular weight is 334 g/mol. The second-order valence-electron chi connectivity index (χ2n) is 5.80. The van der Waals surface area contributed by atoms with Gasteiger partial charge in [0, 0.05) is 38.7 Å². The predicted molar refractivity (Wildman–Crippen MR) is 81.4 cm³/mol. The number of rotatable bonds is 2. The van der Waals surface area contributed by atoms with Gasteiger partial charge in [0.25, 0.3) is 6.47 Å². The fraction of sp³-hybridized carbons (Fsp3) is 0.467. The van der Waals surface area contributed by atoms with Crippen molar-refractivity contribution in [3.63, 3.8) is 0 Å². The first kappa shape index (κ1) is 16.2.